The lowest BCUT2D eigenvalue weighted by molar-refractivity contribution is -0.116. The molecule has 0 fully saturated rings. The molecule has 35 heavy (non-hydrogen) atoms. The van der Waals surface area contributed by atoms with Gasteiger partial charge in [0.25, 0.3) is 0 Å². The zero-order chi connectivity index (χ0) is 24.8. The van der Waals surface area contributed by atoms with E-state index in [-0.39, 0.29) is 29.3 Å². The Hall–Kier alpha value is -4.17. The quantitative estimate of drug-likeness (QED) is 0.305. The van der Waals surface area contributed by atoms with Crippen LogP contribution in [0, 0.1) is 0 Å². The van der Waals surface area contributed by atoms with Crippen LogP contribution >= 0.6 is 0 Å². The number of para-hydroxylation sites is 1. The van der Waals surface area contributed by atoms with Crippen LogP contribution in [0.25, 0.3) is 10.8 Å². The van der Waals surface area contributed by atoms with Crippen molar-refractivity contribution in [1.29, 1.82) is 0 Å². The first-order valence-corrected chi connectivity index (χ1v) is 12.6. The van der Waals surface area contributed by atoms with E-state index in [9.17, 15) is 23.1 Å². The number of benzene rings is 4. The van der Waals surface area contributed by atoms with Crippen LogP contribution < -0.4 is 10.0 Å². The van der Waals surface area contributed by atoms with Crippen molar-refractivity contribution in [3.8, 4) is 0 Å². The molecule has 0 atom stereocenters. The Labute approximate surface area is 203 Å². The summed E-state index contributed by atoms with van der Waals surface area (Å²) in [5.74, 6) is -1.48. The average Bonchev–Trinajstić information content (AvgIpc) is 2.83. The number of fused-ring (bicyclic) bond motifs is 1. The predicted molar refractivity (Wildman–Crippen MR) is 137 cm³/mol. The van der Waals surface area contributed by atoms with Crippen molar-refractivity contribution in [2.45, 2.75) is 18.6 Å². The van der Waals surface area contributed by atoms with Gasteiger partial charge >= 0.3 is 5.97 Å². The van der Waals surface area contributed by atoms with E-state index in [1.807, 2.05) is 30.3 Å². The summed E-state index contributed by atoms with van der Waals surface area (Å²) in [6, 6.07) is 26.3. The standard InChI is InChI=1S/C27H24N2O5S/c30-26(28-25-9-5-4-8-24(25)27(31)32)15-11-19-10-12-22-17-23(14-13-21(22)16-19)29-35(33,34)18-20-6-2-1-3-7-20/h1-10,12-14,16-17,29H,11,15,18H2,(H,28,30)(H,31,32). The van der Waals surface area contributed by atoms with Crippen molar-refractivity contribution in [2.24, 2.45) is 0 Å². The van der Waals surface area contributed by atoms with Gasteiger partial charge in [-0.15, -0.1) is 0 Å². The molecule has 0 saturated heterocycles. The summed E-state index contributed by atoms with van der Waals surface area (Å²) in [6.45, 7) is 0. The molecule has 0 aliphatic rings. The van der Waals surface area contributed by atoms with Crippen LogP contribution in [0.1, 0.15) is 27.9 Å². The minimum absolute atomic E-state index is 0.0433. The number of rotatable bonds is 9. The largest absolute Gasteiger partial charge is 0.478 e. The Kier molecular flexibility index (Phi) is 7.12. The molecule has 178 valence electrons. The maximum atomic E-state index is 12.5. The predicted octanol–water partition coefficient (Wildman–Crippen LogP) is 5.05. The number of hydrogen-bond donors (Lipinski definition) is 3. The number of sulfonamides is 1. The number of aromatic carboxylic acids is 1. The van der Waals surface area contributed by atoms with Crippen LogP contribution in [-0.2, 0) is 27.0 Å². The molecule has 0 spiro atoms. The lowest BCUT2D eigenvalue weighted by Crippen LogP contribution is -2.15. The van der Waals surface area contributed by atoms with Crippen LogP contribution in [0.3, 0.4) is 0 Å². The normalized spacial score (nSPS) is 11.2. The Morgan fingerprint density at radius 2 is 1.46 bits per heavy atom. The molecule has 0 aromatic heterocycles. The van der Waals surface area contributed by atoms with Crippen LogP contribution in [0.2, 0.25) is 0 Å². The third kappa shape index (κ3) is 6.45. The molecule has 0 heterocycles. The molecule has 0 radical (unpaired) electrons. The van der Waals surface area contributed by atoms with Gasteiger partial charge in [-0.1, -0.05) is 66.7 Å². The maximum Gasteiger partial charge on any atom is 0.337 e. The monoisotopic (exact) mass is 488 g/mol. The highest BCUT2D eigenvalue weighted by Gasteiger charge is 2.13. The molecule has 4 aromatic rings. The molecule has 4 aromatic carbocycles. The molecule has 0 bridgehead atoms. The van der Waals surface area contributed by atoms with Crippen molar-refractivity contribution in [2.75, 3.05) is 10.0 Å². The van der Waals surface area contributed by atoms with Crippen LogP contribution in [0.4, 0.5) is 11.4 Å². The number of carbonyl (C=O) groups is 2. The molecule has 1 amide bonds. The number of carboxylic acid groups (broad SMARTS) is 1. The summed E-state index contributed by atoms with van der Waals surface area (Å²) in [5.41, 5.74) is 2.45. The second kappa shape index (κ2) is 10.4. The van der Waals surface area contributed by atoms with Gasteiger partial charge < -0.3 is 10.4 Å². The highest BCUT2D eigenvalue weighted by Crippen LogP contribution is 2.23. The van der Waals surface area contributed by atoms with Gasteiger partial charge in [-0.2, -0.15) is 0 Å². The second-order valence-electron chi connectivity index (χ2n) is 8.14. The molecule has 4 rings (SSSR count). The fourth-order valence-electron chi connectivity index (χ4n) is 3.77. The Morgan fingerprint density at radius 1 is 0.771 bits per heavy atom. The molecule has 0 aliphatic heterocycles. The molecule has 0 aliphatic carbocycles. The number of hydrogen-bond acceptors (Lipinski definition) is 4. The summed E-state index contributed by atoms with van der Waals surface area (Å²) in [7, 11) is -3.55. The fourth-order valence-corrected chi connectivity index (χ4v) is 4.96. The Bertz CT molecular complexity index is 1480. The van der Waals surface area contributed by atoms with Crippen LogP contribution in [0.15, 0.2) is 91.0 Å². The number of anilines is 2. The third-order valence-corrected chi connectivity index (χ3v) is 6.71. The highest BCUT2D eigenvalue weighted by molar-refractivity contribution is 7.91. The average molecular weight is 489 g/mol. The molecule has 3 N–H and O–H groups in total. The summed E-state index contributed by atoms with van der Waals surface area (Å²) >= 11 is 0. The van der Waals surface area contributed by atoms with Crippen molar-refractivity contribution < 1.29 is 23.1 Å². The zero-order valence-electron chi connectivity index (χ0n) is 18.8. The SMILES string of the molecule is O=C(CCc1ccc2cc(NS(=O)(=O)Cc3ccccc3)ccc2c1)Nc1ccccc1C(=O)O. The van der Waals surface area contributed by atoms with E-state index < -0.39 is 16.0 Å². The van der Waals surface area contributed by atoms with Crippen molar-refractivity contribution in [3.05, 3.63) is 108 Å². The van der Waals surface area contributed by atoms with Gasteiger partial charge in [0.2, 0.25) is 15.9 Å². The van der Waals surface area contributed by atoms with E-state index >= 15 is 0 Å². The van der Waals surface area contributed by atoms with E-state index in [0.29, 0.717) is 17.7 Å². The summed E-state index contributed by atoms with van der Waals surface area (Å²) in [4.78, 5) is 23.7. The summed E-state index contributed by atoms with van der Waals surface area (Å²) < 4.78 is 27.7. The van der Waals surface area contributed by atoms with E-state index in [0.717, 1.165) is 16.3 Å². The number of nitrogens with one attached hydrogen (secondary N) is 2. The van der Waals surface area contributed by atoms with Crippen LogP contribution in [-0.4, -0.2) is 25.4 Å². The number of carbonyl (C=O) groups excluding carboxylic acids is 1. The molecule has 7 nitrogen and oxygen atoms in total. The summed E-state index contributed by atoms with van der Waals surface area (Å²) in [5, 5.41) is 13.7. The van der Waals surface area contributed by atoms with Gasteiger partial charge in [0.1, 0.15) is 0 Å². The molecule has 0 saturated carbocycles. The van der Waals surface area contributed by atoms with E-state index in [4.69, 9.17) is 0 Å². The van der Waals surface area contributed by atoms with Crippen molar-refractivity contribution in [1.82, 2.24) is 0 Å². The van der Waals surface area contributed by atoms with Crippen LogP contribution in [0.5, 0.6) is 0 Å². The number of carboxylic acids is 1. The van der Waals surface area contributed by atoms with E-state index in [1.165, 1.54) is 6.07 Å². The van der Waals surface area contributed by atoms with Gasteiger partial charge in [0, 0.05) is 12.1 Å². The van der Waals surface area contributed by atoms with Gasteiger partial charge in [-0.05, 0) is 52.6 Å². The first kappa shape index (κ1) is 24.0. The Morgan fingerprint density at radius 3 is 2.23 bits per heavy atom. The van der Waals surface area contributed by atoms with Crippen molar-refractivity contribution >= 4 is 44.0 Å². The smallest absolute Gasteiger partial charge is 0.337 e. The Balaban J connectivity index is 1.39. The summed E-state index contributed by atoms with van der Waals surface area (Å²) in [6.07, 6.45) is 0.666. The maximum absolute atomic E-state index is 12.5. The third-order valence-electron chi connectivity index (χ3n) is 5.45. The fraction of sp³-hybridized carbons (Fsp3) is 0.111. The zero-order valence-corrected chi connectivity index (χ0v) is 19.6. The molecule has 8 heteroatoms. The molecular weight excluding hydrogens is 464 g/mol. The van der Waals surface area contributed by atoms with Crippen molar-refractivity contribution in [3.63, 3.8) is 0 Å². The number of amides is 1. The van der Waals surface area contributed by atoms with E-state index in [1.54, 1.807) is 54.6 Å². The van der Waals surface area contributed by atoms with E-state index in [2.05, 4.69) is 10.0 Å². The minimum atomic E-state index is -3.55. The first-order chi connectivity index (χ1) is 16.8. The molecular formula is C27H24N2O5S. The van der Waals surface area contributed by atoms with Gasteiger partial charge in [0.15, 0.2) is 0 Å². The van der Waals surface area contributed by atoms with Gasteiger partial charge in [0.05, 0.1) is 17.0 Å². The minimum Gasteiger partial charge on any atom is -0.478 e. The lowest BCUT2D eigenvalue weighted by atomic mass is 10.0. The topological polar surface area (TPSA) is 113 Å². The molecule has 0 unspecified atom stereocenters. The first-order valence-electron chi connectivity index (χ1n) is 11.0. The van der Waals surface area contributed by atoms with Gasteiger partial charge in [-0.3, -0.25) is 9.52 Å². The lowest BCUT2D eigenvalue weighted by Gasteiger charge is -2.10. The van der Waals surface area contributed by atoms with Gasteiger partial charge in [-0.25, -0.2) is 13.2 Å². The highest BCUT2D eigenvalue weighted by atomic mass is 32.2. The second-order valence-corrected chi connectivity index (χ2v) is 9.86. The number of aryl methyl sites for hydroxylation is 1.